The minimum Gasteiger partial charge on any atom is -0.479 e. The van der Waals surface area contributed by atoms with Crippen molar-refractivity contribution in [3.05, 3.63) is 71.1 Å². The Bertz CT molecular complexity index is 841. The molecule has 0 radical (unpaired) electrons. The van der Waals surface area contributed by atoms with Gasteiger partial charge in [0.25, 0.3) is 0 Å². The molecule has 1 spiro atoms. The number of likely N-dealkylation sites (tertiary alicyclic amines) is 1. The average Bonchev–Trinajstić information content (AvgIpc) is 2.63. The van der Waals surface area contributed by atoms with Gasteiger partial charge in [0, 0.05) is 44.1 Å². The van der Waals surface area contributed by atoms with E-state index in [1.54, 1.807) is 6.07 Å². The van der Waals surface area contributed by atoms with Gasteiger partial charge in [0.2, 0.25) is 0 Å². The van der Waals surface area contributed by atoms with E-state index in [-0.39, 0.29) is 5.82 Å². The summed E-state index contributed by atoms with van der Waals surface area (Å²) in [7, 11) is 0. The summed E-state index contributed by atoms with van der Waals surface area (Å²) in [6, 6.07) is 8.65. The zero-order chi connectivity index (χ0) is 18.1. The zero-order valence-corrected chi connectivity index (χ0v) is 14.4. The predicted molar refractivity (Wildman–Crippen MR) is 94.5 cm³/mol. The molecule has 4 rings (SSSR count). The molecule has 136 valence electrons. The number of halogens is 3. The Morgan fingerprint density at radius 1 is 1.00 bits per heavy atom. The monoisotopic (exact) mass is 359 g/mol. The molecule has 2 aromatic carbocycles. The Kier molecular flexibility index (Phi) is 4.49. The summed E-state index contributed by atoms with van der Waals surface area (Å²) in [4.78, 5) is 2.24. The van der Waals surface area contributed by atoms with Crippen molar-refractivity contribution in [2.24, 2.45) is 0 Å². The Morgan fingerprint density at radius 2 is 1.81 bits per heavy atom. The van der Waals surface area contributed by atoms with E-state index in [9.17, 15) is 13.2 Å². The number of hydrogen-bond donors (Lipinski definition) is 0. The third kappa shape index (κ3) is 3.36. The Hall–Kier alpha value is -2.27. The van der Waals surface area contributed by atoms with E-state index in [1.165, 1.54) is 18.2 Å². The molecule has 0 amide bonds. The second kappa shape index (κ2) is 6.80. The van der Waals surface area contributed by atoms with Crippen molar-refractivity contribution in [1.82, 2.24) is 4.90 Å². The van der Waals surface area contributed by atoms with E-state index < -0.39 is 17.2 Å². The van der Waals surface area contributed by atoms with Crippen LogP contribution >= 0.6 is 0 Å². The molecule has 0 atom stereocenters. The molecule has 2 aliphatic rings. The van der Waals surface area contributed by atoms with E-state index in [4.69, 9.17) is 4.74 Å². The molecule has 0 bridgehead atoms. The molecule has 26 heavy (non-hydrogen) atoms. The van der Waals surface area contributed by atoms with Gasteiger partial charge in [-0.3, -0.25) is 0 Å². The van der Waals surface area contributed by atoms with Crippen molar-refractivity contribution in [3.63, 3.8) is 0 Å². The number of ether oxygens (including phenoxy) is 1. The molecule has 0 aromatic heterocycles. The minimum absolute atomic E-state index is 0.330. The van der Waals surface area contributed by atoms with Gasteiger partial charge in [-0.2, -0.15) is 0 Å². The fourth-order valence-electron chi connectivity index (χ4n) is 3.67. The van der Waals surface area contributed by atoms with Crippen LogP contribution in [0.3, 0.4) is 0 Å². The topological polar surface area (TPSA) is 12.5 Å². The van der Waals surface area contributed by atoms with E-state index in [0.29, 0.717) is 24.3 Å². The molecule has 0 N–H and O–H groups in total. The smallest absolute Gasteiger partial charge is 0.165 e. The van der Waals surface area contributed by atoms with Gasteiger partial charge in [-0.25, -0.2) is 13.2 Å². The van der Waals surface area contributed by atoms with Crippen LogP contribution in [0.1, 0.15) is 24.0 Å². The van der Waals surface area contributed by atoms with E-state index >= 15 is 0 Å². The molecule has 2 heterocycles. The number of benzene rings is 2. The van der Waals surface area contributed by atoms with Crippen molar-refractivity contribution in [3.8, 4) is 5.75 Å². The summed E-state index contributed by atoms with van der Waals surface area (Å²) >= 11 is 0. The zero-order valence-electron chi connectivity index (χ0n) is 14.4. The number of rotatable bonds is 3. The summed E-state index contributed by atoms with van der Waals surface area (Å²) in [5, 5.41) is 0. The first-order valence-corrected chi connectivity index (χ1v) is 8.88. The number of fused-ring (bicyclic) bond motifs is 1. The molecule has 0 aliphatic carbocycles. The summed E-state index contributed by atoms with van der Waals surface area (Å²) in [6.45, 7) is 2.28. The van der Waals surface area contributed by atoms with Crippen molar-refractivity contribution in [2.75, 3.05) is 19.6 Å². The van der Waals surface area contributed by atoms with Crippen LogP contribution in [0.25, 0.3) is 6.08 Å². The highest BCUT2D eigenvalue weighted by Gasteiger charge is 2.37. The molecule has 1 fully saturated rings. The molecule has 2 aliphatic heterocycles. The van der Waals surface area contributed by atoms with Gasteiger partial charge < -0.3 is 9.64 Å². The third-order valence-electron chi connectivity index (χ3n) is 5.28. The van der Waals surface area contributed by atoms with Crippen molar-refractivity contribution in [2.45, 2.75) is 24.9 Å². The maximum atomic E-state index is 14.0. The summed E-state index contributed by atoms with van der Waals surface area (Å²) in [5.41, 5.74) is 0.827. The highest BCUT2D eigenvalue weighted by Crippen LogP contribution is 2.38. The Morgan fingerprint density at radius 3 is 2.58 bits per heavy atom. The second-order valence-electron chi connectivity index (χ2n) is 6.99. The van der Waals surface area contributed by atoms with Crippen molar-refractivity contribution >= 4 is 6.08 Å². The van der Waals surface area contributed by atoms with Crippen LogP contribution in [0.2, 0.25) is 0 Å². The molecular weight excluding hydrogens is 339 g/mol. The normalized spacial score (nSPS) is 18.6. The lowest BCUT2D eigenvalue weighted by atomic mass is 9.88. The number of para-hydroxylation sites is 1. The van der Waals surface area contributed by atoms with Crippen LogP contribution in [-0.4, -0.2) is 30.1 Å². The lowest BCUT2D eigenvalue weighted by Crippen LogP contribution is -2.48. The Labute approximate surface area is 150 Å². The van der Waals surface area contributed by atoms with Crippen LogP contribution in [0.15, 0.2) is 42.5 Å². The summed E-state index contributed by atoms with van der Waals surface area (Å²) in [5.74, 6) is -1.05. The molecular formula is C21H20F3NO. The lowest BCUT2D eigenvalue weighted by Gasteiger charge is -2.42. The molecule has 1 saturated heterocycles. The highest BCUT2D eigenvalue weighted by atomic mass is 19.1. The van der Waals surface area contributed by atoms with Crippen LogP contribution < -0.4 is 4.74 Å². The third-order valence-corrected chi connectivity index (χ3v) is 5.28. The van der Waals surface area contributed by atoms with Crippen LogP contribution in [0.5, 0.6) is 5.75 Å². The van der Waals surface area contributed by atoms with Gasteiger partial charge in [0.1, 0.15) is 17.2 Å². The highest BCUT2D eigenvalue weighted by molar-refractivity contribution is 5.61. The quantitative estimate of drug-likeness (QED) is 0.795. The first-order valence-electron chi connectivity index (χ1n) is 8.88. The van der Waals surface area contributed by atoms with E-state index in [0.717, 1.165) is 37.6 Å². The molecule has 0 saturated carbocycles. The number of nitrogens with zero attached hydrogens (tertiary/aromatic N) is 1. The fraction of sp³-hybridized carbons (Fsp3) is 0.333. The van der Waals surface area contributed by atoms with Gasteiger partial charge in [0.05, 0.1) is 0 Å². The molecule has 0 unspecified atom stereocenters. The van der Waals surface area contributed by atoms with Gasteiger partial charge in [0.15, 0.2) is 11.6 Å². The maximum absolute atomic E-state index is 14.0. The molecule has 5 heteroatoms. The largest absolute Gasteiger partial charge is 0.479 e. The van der Waals surface area contributed by atoms with Crippen molar-refractivity contribution < 1.29 is 17.9 Å². The molecule has 2 aromatic rings. The first-order chi connectivity index (χ1) is 12.5. The SMILES string of the molecule is Fc1ccc(CCN2CCC3(C=Cc4cccc(F)c4O3)CC2)c(F)c1. The summed E-state index contributed by atoms with van der Waals surface area (Å²) < 4.78 is 46.8. The number of hydrogen-bond acceptors (Lipinski definition) is 2. The minimum atomic E-state index is -0.556. The van der Waals surface area contributed by atoms with Gasteiger partial charge in [-0.05, 0) is 30.2 Å². The van der Waals surface area contributed by atoms with Gasteiger partial charge >= 0.3 is 0 Å². The lowest BCUT2D eigenvalue weighted by molar-refractivity contribution is 0.0359. The van der Waals surface area contributed by atoms with E-state index in [2.05, 4.69) is 4.90 Å². The Balaban J connectivity index is 1.37. The first kappa shape index (κ1) is 17.2. The van der Waals surface area contributed by atoms with Gasteiger partial charge in [-0.1, -0.05) is 24.3 Å². The van der Waals surface area contributed by atoms with Crippen LogP contribution in [0, 0.1) is 17.5 Å². The van der Waals surface area contributed by atoms with Crippen molar-refractivity contribution in [1.29, 1.82) is 0 Å². The molecule has 2 nitrogen and oxygen atoms in total. The predicted octanol–water partition coefficient (Wildman–Crippen LogP) is 4.59. The standard InChI is InChI=1S/C21H20F3NO/c22-17-5-4-15(19(24)14-17)7-11-25-12-9-21(10-13-25)8-6-16-2-1-3-18(23)20(16)26-21/h1-6,8,14H,7,9-13H2. The van der Waals surface area contributed by atoms with E-state index in [1.807, 2.05) is 18.2 Å². The maximum Gasteiger partial charge on any atom is 0.165 e. The average molecular weight is 359 g/mol. The van der Waals surface area contributed by atoms with Crippen LogP contribution in [-0.2, 0) is 6.42 Å². The second-order valence-corrected chi connectivity index (χ2v) is 6.99. The fourth-order valence-corrected chi connectivity index (χ4v) is 3.67. The summed E-state index contributed by atoms with van der Waals surface area (Å²) in [6.07, 6.45) is 6.01. The number of piperidine rings is 1. The van der Waals surface area contributed by atoms with Crippen LogP contribution in [0.4, 0.5) is 13.2 Å². The van der Waals surface area contributed by atoms with Gasteiger partial charge in [-0.15, -0.1) is 0 Å².